The fraction of sp³-hybridized carbons (Fsp3) is 0.0714. The summed E-state index contributed by atoms with van der Waals surface area (Å²) in [7, 11) is 3.42. The van der Waals surface area contributed by atoms with Crippen molar-refractivity contribution in [2.24, 2.45) is 0 Å². The maximum absolute atomic E-state index is 12.7. The summed E-state index contributed by atoms with van der Waals surface area (Å²) >= 11 is 0. The van der Waals surface area contributed by atoms with Crippen LogP contribution in [0.5, 0.6) is 11.5 Å². The number of hydrogen-bond donors (Lipinski definition) is 2. The van der Waals surface area contributed by atoms with E-state index in [0.717, 1.165) is 11.4 Å². The second-order valence-corrected chi connectivity index (χ2v) is 8.07. The van der Waals surface area contributed by atoms with Gasteiger partial charge in [-0.3, -0.25) is 9.59 Å². The molecule has 0 heterocycles. The van der Waals surface area contributed by atoms with Crippen molar-refractivity contribution in [2.75, 3.05) is 35.4 Å². The molecule has 0 aliphatic heterocycles. The van der Waals surface area contributed by atoms with Crippen LogP contribution in [-0.2, 0) is 0 Å². The summed E-state index contributed by atoms with van der Waals surface area (Å²) in [4.78, 5) is 28.6. The molecule has 4 aromatic carbocycles. The lowest BCUT2D eigenvalue weighted by atomic mass is 10.1. The Morgan fingerprint density at radius 2 is 0.971 bits per heavy atom. The molecular formula is C28H26N4O3. The Balaban J connectivity index is 1.40. The van der Waals surface area contributed by atoms with Crippen LogP contribution in [-0.4, -0.2) is 25.9 Å². The summed E-state index contributed by atoms with van der Waals surface area (Å²) in [5.74, 6) is 0.933. The number of ether oxygens (including phenoxy) is 1. The predicted molar refractivity (Wildman–Crippen MR) is 140 cm³/mol. The van der Waals surface area contributed by atoms with Gasteiger partial charge in [0.15, 0.2) is 0 Å². The lowest BCUT2D eigenvalue weighted by molar-refractivity contribution is 0.0985. The van der Waals surface area contributed by atoms with Gasteiger partial charge >= 0.3 is 0 Å². The Morgan fingerprint density at radius 3 is 1.31 bits per heavy atom. The van der Waals surface area contributed by atoms with E-state index in [1.165, 1.54) is 0 Å². The molecule has 0 saturated carbocycles. The molecule has 176 valence electrons. The van der Waals surface area contributed by atoms with Gasteiger partial charge in [0, 0.05) is 48.0 Å². The van der Waals surface area contributed by atoms with Gasteiger partial charge < -0.3 is 26.0 Å². The number of carbonyl (C=O) groups excluding carboxylic acids is 2. The van der Waals surface area contributed by atoms with Gasteiger partial charge in [-0.05, 0) is 84.9 Å². The topological polar surface area (TPSA) is 102 Å². The molecule has 0 atom stereocenters. The summed E-state index contributed by atoms with van der Waals surface area (Å²) in [5, 5.41) is 0. The zero-order chi connectivity index (χ0) is 24.9. The highest BCUT2D eigenvalue weighted by Gasteiger charge is 2.15. The summed E-state index contributed by atoms with van der Waals surface area (Å²) in [6.07, 6.45) is 0. The molecule has 0 bridgehead atoms. The Bertz CT molecular complexity index is 1250. The van der Waals surface area contributed by atoms with Crippen molar-refractivity contribution < 1.29 is 14.3 Å². The minimum Gasteiger partial charge on any atom is -0.457 e. The quantitative estimate of drug-likeness (QED) is 0.381. The fourth-order valence-electron chi connectivity index (χ4n) is 3.58. The number of nitrogens with two attached hydrogens (primary N) is 2. The Hall–Kier alpha value is -4.78. The van der Waals surface area contributed by atoms with Crippen LogP contribution < -0.4 is 26.0 Å². The van der Waals surface area contributed by atoms with E-state index in [4.69, 9.17) is 16.2 Å². The first-order chi connectivity index (χ1) is 16.8. The number of nitrogens with zero attached hydrogens (tertiary/aromatic N) is 2. The number of benzene rings is 4. The maximum atomic E-state index is 12.7. The van der Waals surface area contributed by atoms with Crippen LogP contribution >= 0.6 is 0 Å². The highest BCUT2D eigenvalue weighted by molar-refractivity contribution is 6.06. The summed E-state index contributed by atoms with van der Waals surface area (Å²) in [5.41, 5.74) is 15.2. The standard InChI is InChI=1S/C28H26N4O3/c1-31(27(33)19-5-3-7-21(29)17-19)23-9-13-25(14-10-23)35-26-15-11-24(12-16-26)32(2)28(34)20-6-4-8-22(30)18-20/h3-18H,29-30H2,1-2H3. The normalized spacial score (nSPS) is 10.5. The van der Waals surface area contributed by atoms with Crippen molar-refractivity contribution >= 4 is 34.6 Å². The van der Waals surface area contributed by atoms with E-state index < -0.39 is 0 Å². The van der Waals surface area contributed by atoms with Crippen LogP contribution in [0.4, 0.5) is 22.7 Å². The first-order valence-electron chi connectivity index (χ1n) is 11.0. The van der Waals surface area contributed by atoms with Gasteiger partial charge in [0.25, 0.3) is 11.8 Å². The molecule has 4 rings (SSSR count). The van der Waals surface area contributed by atoms with E-state index in [9.17, 15) is 9.59 Å². The molecule has 0 spiro atoms. The third kappa shape index (κ3) is 5.42. The molecular weight excluding hydrogens is 440 g/mol. The average Bonchev–Trinajstić information content (AvgIpc) is 2.88. The Morgan fingerprint density at radius 1 is 0.600 bits per heavy atom. The van der Waals surface area contributed by atoms with Crippen LogP contribution in [0.25, 0.3) is 0 Å². The third-order valence-corrected chi connectivity index (χ3v) is 5.56. The minimum absolute atomic E-state index is 0.154. The van der Waals surface area contributed by atoms with E-state index in [1.807, 2.05) is 24.3 Å². The molecule has 7 nitrogen and oxygen atoms in total. The van der Waals surface area contributed by atoms with Crippen molar-refractivity contribution in [2.45, 2.75) is 0 Å². The SMILES string of the molecule is CN(C(=O)c1cccc(N)c1)c1ccc(Oc2ccc(N(C)C(=O)c3cccc(N)c3)cc2)cc1. The number of rotatable bonds is 6. The van der Waals surface area contributed by atoms with Crippen LogP contribution in [0.1, 0.15) is 20.7 Å². The van der Waals surface area contributed by atoms with E-state index in [-0.39, 0.29) is 11.8 Å². The molecule has 0 aliphatic rings. The van der Waals surface area contributed by atoms with Gasteiger partial charge in [-0.1, -0.05) is 12.1 Å². The van der Waals surface area contributed by atoms with Crippen molar-refractivity contribution in [1.82, 2.24) is 0 Å². The van der Waals surface area contributed by atoms with Crippen LogP contribution in [0.15, 0.2) is 97.1 Å². The third-order valence-electron chi connectivity index (χ3n) is 5.56. The molecule has 4 aromatic rings. The molecule has 0 aliphatic carbocycles. The Kier molecular flexibility index (Phi) is 6.69. The van der Waals surface area contributed by atoms with Crippen LogP contribution in [0.3, 0.4) is 0 Å². The van der Waals surface area contributed by atoms with Gasteiger partial charge in [0.05, 0.1) is 0 Å². The first kappa shape index (κ1) is 23.4. The smallest absolute Gasteiger partial charge is 0.258 e. The molecule has 7 heteroatoms. The number of amides is 2. The summed E-state index contributed by atoms with van der Waals surface area (Å²) in [6, 6.07) is 28.2. The monoisotopic (exact) mass is 466 g/mol. The van der Waals surface area contributed by atoms with E-state index in [0.29, 0.717) is 34.0 Å². The highest BCUT2D eigenvalue weighted by Crippen LogP contribution is 2.27. The zero-order valence-corrected chi connectivity index (χ0v) is 19.5. The van der Waals surface area contributed by atoms with E-state index in [1.54, 1.807) is 96.7 Å². The first-order valence-corrected chi connectivity index (χ1v) is 11.0. The van der Waals surface area contributed by atoms with Gasteiger partial charge in [-0.2, -0.15) is 0 Å². The lowest BCUT2D eigenvalue weighted by Crippen LogP contribution is -2.26. The number of carbonyl (C=O) groups is 2. The zero-order valence-electron chi connectivity index (χ0n) is 19.5. The molecule has 35 heavy (non-hydrogen) atoms. The molecule has 0 unspecified atom stereocenters. The van der Waals surface area contributed by atoms with Crippen molar-refractivity contribution in [1.29, 1.82) is 0 Å². The molecule has 2 amide bonds. The van der Waals surface area contributed by atoms with Crippen LogP contribution in [0, 0.1) is 0 Å². The van der Waals surface area contributed by atoms with Gasteiger partial charge in [-0.15, -0.1) is 0 Å². The Labute approximate surface area is 204 Å². The molecule has 0 saturated heterocycles. The minimum atomic E-state index is -0.154. The molecule has 4 N–H and O–H groups in total. The second kappa shape index (κ2) is 10.0. The van der Waals surface area contributed by atoms with Crippen LogP contribution in [0.2, 0.25) is 0 Å². The number of hydrogen-bond acceptors (Lipinski definition) is 5. The summed E-state index contributed by atoms with van der Waals surface area (Å²) in [6.45, 7) is 0. The lowest BCUT2D eigenvalue weighted by Gasteiger charge is -2.19. The van der Waals surface area contributed by atoms with Crippen molar-refractivity contribution in [3.8, 4) is 11.5 Å². The number of nitrogen functional groups attached to an aromatic ring is 2. The molecule has 0 fully saturated rings. The second-order valence-electron chi connectivity index (χ2n) is 8.07. The predicted octanol–water partition coefficient (Wildman–Crippen LogP) is 5.20. The maximum Gasteiger partial charge on any atom is 0.258 e. The van der Waals surface area contributed by atoms with Gasteiger partial charge in [0.2, 0.25) is 0 Å². The van der Waals surface area contributed by atoms with Crippen molar-refractivity contribution in [3.05, 3.63) is 108 Å². The number of anilines is 4. The fourth-order valence-corrected chi connectivity index (χ4v) is 3.58. The molecule has 0 radical (unpaired) electrons. The highest BCUT2D eigenvalue weighted by atomic mass is 16.5. The average molecular weight is 467 g/mol. The van der Waals surface area contributed by atoms with E-state index in [2.05, 4.69) is 0 Å². The van der Waals surface area contributed by atoms with E-state index >= 15 is 0 Å². The summed E-state index contributed by atoms with van der Waals surface area (Å²) < 4.78 is 5.93. The van der Waals surface area contributed by atoms with Gasteiger partial charge in [0.1, 0.15) is 11.5 Å². The molecule has 0 aromatic heterocycles. The van der Waals surface area contributed by atoms with Gasteiger partial charge in [-0.25, -0.2) is 0 Å². The van der Waals surface area contributed by atoms with Crippen molar-refractivity contribution in [3.63, 3.8) is 0 Å². The largest absolute Gasteiger partial charge is 0.457 e.